The Labute approximate surface area is 354 Å². The van der Waals surface area contributed by atoms with Crippen LogP contribution in [0.3, 0.4) is 0 Å². The molecule has 0 radical (unpaired) electrons. The van der Waals surface area contributed by atoms with E-state index in [1.54, 1.807) is 0 Å². The second-order valence-electron chi connectivity index (χ2n) is 16.1. The van der Waals surface area contributed by atoms with Gasteiger partial charge in [-0.05, 0) is 90.8 Å². The van der Waals surface area contributed by atoms with Gasteiger partial charge in [-0.3, -0.25) is 5.32 Å². The zero-order chi connectivity index (χ0) is 40.3. The van der Waals surface area contributed by atoms with Gasteiger partial charge in [-0.15, -0.1) is 0 Å². The molecule has 2 N–H and O–H groups in total. The summed E-state index contributed by atoms with van der Waals surface area (Å²) in [5, 5.41) is 17.9. The molecule has 12 rings (SSSR count). The van der Waals surface area contributed by atoms with E-state index in [1.807, 2.05) is 0 Å². The molecule has 1 aliphatic rings. The van der Waals surface area contributed by atoms with Crippen LogP contribution in [0.5, 0.6) is 0 Å². The molecule has 288 valence electrons. The maximum atomic E-state index is 3.93. The Morgan fingerprint density at radius 2 is 0.918 bits per heavy atom. The van der Waals surface area contributed by atoms with Gasteiger partial charge in [0.1, 0.15) is 6.17 Å². The third-order valence-corrected chi connectivity index (χ3v) is 12.7. The summed E-state index contributed by atoms with van der Waals surface area (Å²) in [4.78, 5) is 0. The molecule has 2 heterocycles. The van der Waals surface area contributed by atoms with Crippen molar-refractivity contribution < 1.29 is 0 Å². The van der Waals surface area contributed by atoms with Crippen LogP contribution in [0.1, 0.15) is 28.9 Å². The Bertz CT molecular complexity index is 3440. The second-order valence-corrected chi connectivity index (χ2v) is 16.1. The number of benzene rings is 10. The first-order valence-electron chi connectivity index (χ1n) is 21.2. The van der Waals surface area contributed by atoms with Crippen LogP contribution in [0, 0.1) is 0 Å². The van der Waals surface area contributed by atoms with Crippen LogP contribution in [-0.4, -0.2) is 4.57 Å². The average Bonchev–Trinajstić information content (AvgIpc) is 3.70. The van der Waals surface area contributed by atoms with Crippen molar-refractivity contribution in [2.45, 2.75) is 12.2 Å². The predicted molar refractivity (Wildman–Crippen MR) is 257 cm³/mol. The lowest BCUT2D eigenvalue weighted by molar-refractivity contribution is 0.443. The van der Waals surface area contributed by atoms with Gasteiger partial charge >= 0.3 is 0 Å². The number of rotatable bonds is 6. The number of aromatic nitrogens is 1. The smallest absolute Gasteiger partial charge is 0.104 e. The van der Waals surface area contributed by atoms with Gasteiger partial charge in [0.25, 0.3) is 0 Å². The summed E-state index contributed by atoms with van der Waals surface area (Å²) in [5.74, 6) is 0. The molecule has 2 atom stereocenters. The zero-order valence-corrected chi connectivity index (χ0v) is 33.5. The fourth-order valence-corrected chi connectivity index (χ4v) is 9.79. The van der Waals surface area contributed by atoms with Gasteiger partial charge in [-0.1, -0.05) is 194 Å². The third-order valence-electron chi connectivity index (χ3n) is 12.7. The molecule has 0 aliphatic carbocycles. The van der Waals surface area contributed by atoms with E-state index in [-0.39, 0.29) is 12.2 Å². The minimum atomic E-state index is -0.0721. The van der Waals surface area contributed by atoms with Gasteiger partial charge in [0, 0.05) is 32.9 Å². The van der Waals surface area contributed by atoms with Crippen molar-refractivity contribution in [3.63, 3.8) is 0 Å². The molecular formula is C58H41N3. The molecule has 1 aromatic heterocycles. The molecule has 0 bridgehead atoms. The van der Waals surface area contributed by atoms with Crippen LogP contribution in [0.25, 0.3) is 87.8 Å². The Morgan fingerprint density at radius 3 is 1.64 bits per heavy atom. The number of para-hydroxylation sites is 2. The highest BCUT2D eigenvalue weighted by atomic mass is 15.2. The Morgan fingerprint density at radius 1 is 0.377 bits per heavy atom. The van der Waals surface area contributed by atoms with E-state index in [1.165, 1.54) is 98.8 Å². The molecule has 0 saturated carbocycles. The van der Waals surface area contributed by atoms with E-state index in [0.717, 1.165) is 5.70 Å². The summed E-state index contributed by atoms with van der Waals surface area (Å²) in [7, 11) is 0. The average molecular weight is 780 g/mol. The number of hydrogen-bond donors (Lipinski definition) is 2. The molecule has 0 fully saturated rings. The van der Waals surface area contributed by atoms with E-state index >= 15 is 0 Å². The summed E-state index contributed by atoms with van der Waals surface area (Å²) in [5.41, 5.74) is 13.2. The standard InChI is InChI=1S/C58H41N3/c1-4-16-38(17-5-1)39-28-34-43(35-29-39)58-59-52(41-18-6-2-7-19-41)37-53(60-58)42-32-30-40(31-33-42)50-36-51-46-23-11-13-25-48(46)57-56(55(51)47-24-12-10-22-45(47)50)49-26-14-15-27-54(49)61(57)44-20-8-3-9-21-44/h1-37,53,58-60H. The van der Waals surface area contributed by atoms with Crippen LogP contribution < -0.4 is 10.6 Å². The highest BCUT2D eigenvalue weighted by Gasteiger charge is 2.25. The summed E-state index contributed by atoms with van der Waals surface area (Å²) in [6, 6.07) is 79.5. The summed E-state index contributed by atoms with van der Waals surface area (Å²) >= 11 is 0. The van der Waals surface area contributed by atoms with Crippen molar-refractivity contribution >= 4 is 59.8 Å². The minimum absolute atomic E-state index is 0.00295. The molecule has 10 aromatic carbocycles. The molecular weight excluding hydrogens is 739 g/mol. The van der Waals surface area contributed by atoms with Crippen LogP contribution >= 0.6 is 0 Å². The van der Waals surface area contributed by atoms with E-state index in [4.69, 9.17) is 0 Å². The number of nitrogens with one attached hydrogen (secondary N) is 2. The van der Waals surface area contributed by atoms with Gasteiger partial charge in [0.2, 0.25) is 0 Å². The largest absolute Gasteiger partial charge is 0.366 e. The first kappa shape index (κ1) is 35.2. The highest BCUT2D eigenvalue weighted by molar-refractivity contribution is 6.38. The van der Waals surface area contributed by atoms with Crippen LogP contribution in [-0.2, 0) is 0 Å². The lowest BCUT2D eigenvalue weighted by atomic mass is 9.88. The molecule has 1 aliphatic heterocycles. The summed E-state index contributed by atoms with van der Waals surface area (Å²) in [6.45, 7) is 0. The monoisotopic (exact) mass is 779 g/mol. The second kappa shape index (κ2) is 14.5. The fraction of sp³-hybridized carbons (Fsp3) is 0.0345. The zero-order valence-electron chi connectivity index (χ0n) is 33.5. The van der Waals surface area contributed by atoms with E-state index in [2.05, 4.69) is 240 Å². The van der Waals surface area contributed by atoms with Gasteiger partial charge < -0.3 is 9.88 Å². The normalized spacial score (nSPS) is 15.4. The molecule has 11 aromatic rings. The Kier molecular flexibility index (Phi) is 8.39. The lowest BCUT2D eigenvalue weighted by Gasteiger charge is -2.33. The molecule has 0 amide bonds. The maximum absolute atomic E-state index is 3.93. The molecule has 0 spiro atoms. The first-order chi connectivity index (χ1) is 30.3. The first-order valence-corrected chi connectivity index (χ1v) is 21.2. The molecule has 61 heavy (non-hydrogen) atoms. The van der Waals surface area contributed by atoms with Crippen molar-refractivity contribution in [2.75, 3.05) is 0 Å². The fourth-order valence-electron chi connectivity index (χ4n) is 9.79. The summed E-state index contributed by atoms with van der Waals surface area (Å²) < 4.78 is 2.46. The van der Waals surface area contributed by atoms with Gasteiger partial charge in [-0.25, -0.2) is 0 Å². The Balaban J connectivity index is 0.993. The van der Waals surface area contributed by atoms with Crippen molar-refractivity contribution in [3.8, 4) is 27.9 Å². The molecule has 3 heteroatoms. The molecule has 3 nitrogen and oxygen atoms in total. The maximum Gasteiger partial charge on any atom is 0.104 e. The Hall–Kier alpha value is -7.72. The highest BCUT2D eigenvalue weighted by Crippen LogP contribution is 2.47. The van der Waals surface area contributed by atoms with Crippen molar-refractivity contribution in [2.24, 2.45) is 0 Å². The number of fused-ring (bicyclic) bond motifs is 10. The number of nitrogens with zero attached hydrogens (tertiary/aromatic N) is 1. The van der Waals surface area contributed by atoms with Gasteiger partial charge in [0.15, 0.2) is 0 Å². The van der Waals surface area contributed by atoms with Crippen molar-refractivity contribution in [3.05, 3.63) is 241 Å². The van der Waals surface area contributed by atoms with E-state index < -0.39 is 0 Å². The van der Waals surface area contributed by atoms with Gasteiger partial charge in [-0.2, -0.15) is 0 Å². The molecule has 2 unspecified atom stereocenters. The van der Waals surface area contributed by atoms with Gasteiger partial charge in [0.05, 0.1) is 17.1 Å². The predicted octanol–water partition coefficient (Wildman–Crippen LogP) is 14.6. The van der Waals surface area contributed by atoms with Crippen molar-refractivity contribution in [1.29, 1.82) is 0 Å². The topological polar surface area (TPSA) is 29.0 Å². The summed E-state index contributed by atoms with van der Waals surface area (Å²) in [6.07, 6.45) is 2.26. The van der Waals surface area contributed by atoms with Crippen LogP contribution in [0.2, 0.25) is 0 Å². The van der Waals surface area contributed by atoms with E-state index in [9.17, 15) is 0 Å². The SMILES string of the molecule is C1=C(c2ccccc2)NC(c2ccc(-c3ccccc3)cc2)NC1c1ccc(-c2cc3c4ccccc4c4c(c5ccccc5n4-c4ccccc4)c3c3ccccc23)cc1. The lowest BCUT2D eigenvalue weighted by Crippen LogP contribution is -2.39. The molecule has 0 saturated heterocycles. The van der Waals surface area contributed by atoms with E-state index in [0.29, 0.717) is 0 Å². The minimum Gasteiger partial charge on any atom is -0.366 e. The van der Waals surface area contributed by atoms with Crippen LogP contribution in [0.4, 0.5) is 0 Å². The quantitative estimate of drug-likeness (QED) is 0.165. The number of hydrogen-bond acceptors (Lipinski definition) is 2. The third kappa shape index (κ3) is 5.93. The van der Waals surface area contributed by atoms with Crippen molar-refractivity contribution in [1.82, 2.24) is 15.2 Å². The van der Waals surface area contributed by atoms with Crippen LogP contribution in [0.15, 0.2) is 224 Å².